The molecule has 0 aromatic carbocycles. The Morgan fingerprint density at radius 2 is 2.11 bits per heavy atom. The maximum Gasteiger partial charge on any atom is 0.266 e. The molecule has 1 aromatic heterocycles. The summed E-state index contributed by atoms with van der Waals surface area (Å²) in [5.74, 6) is -0.0974. The molecule has 0 saturated heterocycles. The molecular weight excluding hydrogens is 234 g/mol. The highest BCUT2D eigenvalue weighted by Crippen LogP contribution is 2.38. The van der Waals surface area contributed by atoms with E-state index in [2.05, 4.69) is 4.98 Å². The number of pyridine rings is 1. The van der Waals surface area contributed by atoms with Crippen molar-refractivity contribution in [3.63, 3.8) is 0 Å². The summed E-state index contributed by atoms with van der Waals surface area (Å²) in [5.41, 5.74) is 1.09. The number of hydrogen-bond donors (Lipinski definition) is 0. The lowest BCUT2D eigenvalue weighted by atomic mass is 9.75. The minimum atomic E-state index is -1.67. The van der Waals surface area contributed by atoms with Gasteiger partial charge in [-0.2, -0.15) is 14.0 Å². The van der Waals surface area contributed by atoms with Crippen LogP contribution in [0.15, 0.2) is 30.6 Å². The smallest absolute Gasteiger partial charge is 0.263 e. The highest BCUT2D eigenvalue weighted by molar-refractivity contribution is 5.31. The molecule has 96 valence electrons. The van der Waals surface area contributed by atoms with Gasteiger partial charge in [0.25, 0.3) is 6.08 Å². The maximum atomic E-state index is 12.2. The molecule has 0 fully saturated rings. The number of rotatable bonds is 3. The molecule has 0 aliphatic carbocycles. The van der Waals surface area contributed by atoms with E-state index in [-0.39, 0.29) is 17.8 Å². The highest BCUT2D eigenvalue weighted by atomic mass is 19.3. The molecule has 4 heteroatoms. The molecule has 0 aliphatic rings. The zero-order valence-corrected chi connectivity index (χ0v) is 10.7. The third-order valence-corrected chi connectivity index (χ3v) is 2.84. The van der Waals surface area contributed by atoms with Gasteiger partial charge in [0, 0.05) is 12.4 Å². The normalized spacial score (nSPS) is 12.7. The Bertz CT molecular complexity index is 477. The van der Waals surface area contributed by atoms with E-state index in [0.717, 1.165) is 11.6 Å². The van der Waals surface area contributed by atoms with Crippen LogP contribution in [0.5, 0.6) is 0 Å². The molecule has 0 saturated carbocycles. The zero-order valence-electron chi connectivity index (χ0n) is 10.7. The monoisotopic (exact) mass is 250 g/mol. The Morgan fingerprint density at radius 3 is 2.61 bits per heavy atom. The van der Waals surface area contributed by atoms with Crippen molar-refractivity contribution in [2.75, 3.05) is 0 Å². The van der Waals surface area contributed by atoms with E-state index in [9.17, 15) is 8.78 Å². The van der Waals surface area contributed by atoms with Crippen molar-refractivity contribution in [2.24, 2.45) is 5.41 Å². The molecular formula is C14H16F2N2. The Hall–Kier alpha value is -1.76. The van der Waals surface area contributed by atoms with Crippen molar-refractivity contribution in [2.45, 2.75) is 33.1 Å². The SMILES string of the molecule is CC(C)(C)C(CC=C(F)F)c1cncc(C#N)c1. The van der Waals surface area contributed by atoms with Crippen LogP contribution in [0.1, 0.15) is 44.2 Å². The van der Waals surface area contributed by atoms with E-state index in [1.165, 1.54) is 6.20 Å². The Kier molecular flexibility index (Phi) is 4.55. The van der Waals surface area contributed by atoms with Gasteiger partial charge in [0.05, 0.1) is 5.56 Å². The van der Waals surface area contributed by atoms with Crippen molar-refractivity contribution < 1.29 is 8.78 Å². The molecule has 0 bridgehead atoms. The van der Waals surface area contributed by atoms with E-state index >= 15 is 0 Å². The van der Waals surface area contributed by atoms with Crippen LogP contribution in [0.25, 0.3) is 0 Å². The van der Waals surface area contributed by atoms with Crippen molar-refractivity contribution in [1.82, 2.24) is 4.98 Å². The van der Waals surface area contributed by atoms with Crippen LogP contribution in [0, 0.1) is 16.7 Å². The molecule has 1 atom stereocenters. The summed E-state index contributed by atoms with van der Waals surface area (Å²) in [5, 5.41) is 8.84. The molecule has 0 aliphatic heterocycles. The standard InChI is InChI=1S/C14H16F2N2/c1-14(2,3)12(4-5-13(15)16)11-6-10(7-17)8-18-9-11/h5-6,8-9,12H,4H2,1-3H3. The van der Waals surface area contributed by atoms with E-state index in [1.807, 2.05) is 26.8 Å². The maximum absolute atomic E-state index is 12.2. The van der Waals surface area contributed by atoms with Gasteiger partial charge in [0.2, 0.25) is 0 Å². The number of hydrogen-bond acceptors (Lipinski definition) is 2. The summed E-state index contributed by atoms with van der Waals surface area (Å²) in [6, 6.07) is 3.73. The van der Waals surface area contributed by atoms with E-state index in [0.29, 0.717) is 5.56 Å². The fraction of sp³-hybridized carbons (Fsp3) is 0.429. The first-order valence-electron chi connectivity index (χ1n) is 5.71. The summed E-state index contributed by atoms with van der Waals surface area (Å²) >= 11 is 0. The molecule has 0 spiro atoms. The van der Waals surface area contributed by atoms with Gasteiger partial charge in [-0.15, -0.1) is 0 Å². The lowest BCUT2D eigenvalue weighted by Crippen LogP contribution is -2.18. The van der Waals surface area contributed by atoms with Crippen molar-refractivity contribution in [1.29, 1.82) is 5.26 Å². The molecule has 2 nitrogen and oxygen atoms in total. The summed E-state index contributed by atoms with van der Waals surface area (Å²) in [4.78, 5) is 3.99. The lowest BCUT2D eigenvalue weighted by Gasteiger charge is -2.30. The van der Waals surface area contributed by atoms with E-state index in [4.69, 9.17) is 5.26 Å². The second-order valence-corrected chi connectivity index (χ2v) is 5.27. The van der Waals surface area contributed by atoms with Crippen LogP contribution < -0.4 is 0 Å². The van der Waals surface area contributed by atoms with Crippen molar-refractivity contribution in [3.8, 4) is 6.07 Å². The fourth-order valence-corrected chi connectivity index (χ4v) is 1.91. The van der Waals surface area contributed by atoms with Gasteiger partial charge in [-0.05, 0) is 35.5 Å². The number of nitrogens with zero attached hydrogens (tertiary/aromatic N) is 2. The minimum absolute atomic E-state index is 0.0974. The van der Waals surface area contributed by atoms with Crippen LogP contribution in [0.3, 0.4) is 0 Å². The molecule has 0 N–H and O–H groups in total. The first-order chi connectivity index (χ1) is 8.34. The van der Waals surface area contributed by atoms with Crippen LogP contribution in [-0.2, 0) is 0 Å². The topological polar surface area (TPSA) is 36.7 Å². The molecule has 1 heterocycles. The van der Waals surface area contributed by atoms with Gasteiger partial charge in [-0.25, -0.2) is 0 Å². The minimum Gasteiger partial charge on any atom is -0.263 e. The number of nitriles is 1. The van der Waals surface area contributed by atoms with Crippen molar-refractivity contribution >= 4 is 0 Å². The number of allylic oxidation sites excluding steroid dienone is 1. The van der Waals surface area contributed by atoms with Gasteiger partial charge in [0.15, 0.2) is 0 Å². The quantitative estimate of drug-likeness (QED) is 0.803. The fourth-order valence-electron chi connectivity index (χ4n) is 1.91. The van der Waals surface area contributed by atoms with Gasteiger partial charge in [0.1, 0.15) is 6.07 Å². The average molecular weight is 250 g/mol. The van der Waals surface area contributed by atoms with E-state index in [1.54, 1.807) is 12.3 Å². The third kappa shape index (κ3) is 3.92. The van der Waals surface area contributed by atoms with Gasteiger partial charge in [-0.3, -0.25) is 4.98 Å². The van der Waals surface area contributed by atoms with Crippen LogP contribution >= 0.6 is 0 Å². The summed E-state index contributed by atoms with van der Waals surface area (Å²) < 4.78 is 24.5. The van der Waals surface area contributed by atoms with E-state index < -0.39 is 6.08 Å². The van der Waals surface area contributed by atoms with Crippen LogP contribution in [0.2, 0.25) is 0 Å². The molecule has 1 unspecified atom stereocenters. The molecule has 1 aromatic rings. The predicted octanol–water partition coefficient (Wildman–Crippen LogP) is 4.25. The summed E-state index contributed by atoms with van der Waals surface area (Å²) in [6.45, 7) is 5.96. The second-order valence-electron chi connectivity index (χ2n) is 5.27. The van der Waals surface area contributed by atoms with Gasteiger partial charge >= 0.3 is 0 Å². The molecule has 18 heavy (non-hydrogen) atoms. The Labute approximate surface area is 106 Å². The zero-order chi connectivity index (χ0) is 13.8. The first kappa shape index (κ1) is 14.3. The largest absolute Gasteiger partial charge is 0.266 e. The van der Waals surface area contributed by atoms with Gasteiger partial charge < -0.3 is 0 Å². The number of aromatic nitrogens is 1. The van der Waals surface area contributed by atoms with Crippen molar-refractivity contribution in [3.05, 3.63) is 41.7 Å². The third-order valence-electron chi connectivity index (χ3n) is 2.84. The van der Waals surface area contributed by atoms with Crippen LogP contribution in [-0.4, -0.2) is 4.98 Å². The Balaban J connectivity index is 3.10. The highest BCUT2D eigenvalue weighted by Gasteiger charge is 2.26. The first-order valence-corrected chi connectivity index (χ1v) is 5.71. The molecule has 0 radical (unpaired) electrons. The lowest BCUT2D eigenvalue weighted by molar-refractivity contribution is 0.316. The predicted molar refractivity (Wildman–Crippen MR) is 66.1 cm³/mol. The van der Waals surface area contributed by atoms with Crippen LogP contribution in [0.4, 0.5) is 8.78 Å². The average Bonchev–Trinajstić information content (AvgIpc) is 2.27. The summed E-state index contributed by atoms with van der Waals surface area (Å²) in [7, 11) is 0. The second kappa shape index (κ2) is 5.72. The Morgan fingerprint density at radius 1 is 1.44 bits per heavy atom. The summed E-state index contributed by atoms with van der Waals surface area (Å²) in [6.07, 6.45) is 2.60. The number of halogens is 2. The molecule has 1 rings (SSSR count). The van der Waals surface area contributed by atoms with Gasteiger partial charge in [-0.1, -0.05) is 20.8 Å². The molecule has 0 amide bonds.